The van der Waals surface area contributed by atoms with Crippen LogP contribution in [0.3, 0.4) is 0 Å². The van der Waals surface area contributed by atoms with Crippen molar-refractivity contribution in [2.45, 2.75) is 6.54 Å². The monoisotopic (exact) mass is 286 g/mol. The Bertz CT molecular complexity index is 758. The number of anilines is 1. The van der Waals surface area contributed by atoms with E-state index in [0.717, 1.165) is 11.4 Å². The third kappa shape index (κ3) is 2.30. The van der Waals surface area contributed by atoms with Crippen molar-refractivity contribution < 1.29 is 4.92 Å². The zero-order valence-corrected chi connectivity index (χ0v) is 11.1. The molecule has 0 fully saturated rings. The number of benzene rings is 1. The molecule has 0 bridgehead atoms. The van der Waals surface area contributed by atoms with E-state index in [9.17, 15) is 10.1 Å². The fourth-order valence-electron chi connectivity index (χ4n) is 1.97. The van der Waals surface area contributed by atoms with Gasteiger partial charge in [-0.15, -0.1) is 11.3 Å². The molecule has 2 aromatic heterocycles. The molecule has 0 aliphatic rings. The number of non-ortho nitro benzene ring substituents is 1. The van der Waals surface area contributed by atoms with E-state index < -0.39 is 4.92 Å². The Kier molecular flexibility index (Phi) is 3.26. The van der Waals surface area contributed by atoms with E-state index in [-0.39, 0.29) is 5.69 Å². The lowest BCUT2D eigenvalue weighted by molar-refractivity contribution is -0.383. The van der Waals surface area contributed by atoms with Gasteiger partial charge in [-0.1, -0.05) is 0 Å². The molecule has 0 amide bonds. The molecule has 0 atom stereocenters. The van der Waals surface area contributed by atoms with Crippen molar-refractivity contribution in [1.82, 2.24) is 9.97 Å². The summed E-state index contributed by atoms with van der Waals surface area (Å²) in [7, 11) is 0. The van der Waals surface area contributed by atoms with Crippen LogP contribution in [0.5, 0.6) is 0 Å². The quantitative estimate of drug-likeness (QED) is 0.588. The Morgan fingerprint density at radius 1 is 1.30 bits per heavy atom. The molecule has 2 heterocycles. The maximum atomic E-state index is 11.0. The summed E-state index contributed by atoms with van der Waals surface area (Å²) in [5.41, 5.74) is 4.12. The van der Waals surface area contributed by atoms with Crippen LogP contribution in [-0.2, 0) is 6.54 Å². The van der Waals surface area contributed by atoms with E-state index in [1.165, 1.54) is 17.4 Å². The molecule has 0 aliphatic heterocycles. The minimum absolute atomic E-state index is 0.0623. The van der Waals surface area contributed by atoms with E-state index >= 15 is 0 Å². The maximum absolute atomic E-state index is 11.0. The maximum Gasteiger partial charge on any atom is 0.278 e. The Morgan fingerprint density at radius 2 is 2.20 bits per heavy atom. The van der Waals surface area contributed by atoms with Crippen LogP contribution in [-0.4, -0.2) is 14.9 Å². The van der Waals surface area contributed by atoms with E-state index in [0.29, 0.717) is 17.4 Å². The van der Waals surface area contributed by atoms with Crippen LogP contribution in [0.15, 0.2) is 41.4 Å². The summed E-state index contributed by atoms with van der Waals surface area (Å²) in [6.45, 7) is 0.562. The molecule has 6 nitrogen and oxygen atoms in total. The predicted molar refractivity (Wildman–Crippen MR) is 77.8 cm³/mol. The van der Waals surface area contributed by atoms with Crippen molar-refractivity contribution in [1.29, 1.82) is 0 Å². The van der Waals surface area contributed by atoms with Gasteiger partial charge >= 0.3 is 0 Å². The van der Waals surface area contributed by atoms with Crippen molar-refractivity contribution in [3.63, 3.8) is 0 Å². The lowest BCUT2D eigenvalue weighted by atomic mass is 10.1. The number of aromatic nitrogens is 2. The van der Waals surface area contributed by atoms with Gasteiger partial charge < -0.3 is 5.32 Å². The molecule has 7 heteroatoms. The molecular formula is C13H10N4O2S. The molecule has 0 radical (unpaired) electrons. The highest BCUT2D eigenvalue weighted by atomic mass is 32.1. The number of nitro benzene ring substituents is 1. The first-order valence-electron chi connectivity index (χ1n) is 5.89. The highest BCUT2D eigenvalue weighted by molar-refractivity contribution is 7.07. The molecule has 0 saturated carbocycles. The van der Waals surface area contributed by atoms with Crippen LogP contribution in [0.4, 0.5) is 11.4 Å². The lowest BCUT2D eigenvalue weighted by Gasteiger charge is -2.08. The lowest BCUT2D eigenvalue weighted by Crippen LogP contribution is -2.01. The molecule has 0 unspecified atom stereocenters. The highest BCUT2D eigenvalue weighted by Crippen LogP contribution is 2.29. The van der Waals surface area contributed by atoms with Crippen LogP contribution in [0.25, 0.3) is 10.9 Å². The average molecular weight is 286 g/mol. The van der Waals surface area contributed by atoms with Gasteiger partial charge in [-0.3, -0.25) is 15.1 Å². The van der Waals surface area contributed by atoms with Crippen molar-refractivity contribution in [2.75, 3.05) is 5.32 Å². The molecule has 20 heavy (non-hydrogen) atoms. The van der Waals surface area contributed by atoms with Crippen LogP contribution in [0, 0.1) is 10.1 Å². The Balaban J connectivity index is 1.99. The van der Waals surface area contributed by atoms with Gasteiger partial charge in [0.1, 0.15) is 5.52 Å². The Hall–Kier alpha value is -2.54. The first-order valence-corrected chi connectivity index (χ1v) is 6.83. The number of fused-ring (bicyclic) bond motifs is 1. The van der Waals surface area contributed by atoms with Crippen LogP contribution in [0.2, 0.25) is 0 Å². The van der Waals surface area contributed by atoms with Gasteiger partial charge in [-0.2, -0.15) is 0 Å². The van der Waals surface area contributed by atoms with Gasteiger partial charge in [0.25, 0.3) is 5.69 Å². The fourth-order valence-corrected chi connectivity index (χ4v) is 2.53. The van der Waals surface area contributed by atoms with Gasteiger partial charge in [0.2, 0.25) is 0 Å². The van der Waals surface area contributed by atoms with Gasteiger partial charge in [0.15, 0.2) is 0 Å². The third-order valence-corrected chi connectivity index (χ3v) is 3.52. The average Bonchev–Trinajstić information content (AvgIpc) is 2.97. The zero-order valence-electron chi connectivity index (χ0n) is 10.3. The summed E-state index contributed by atoms with van der Waals surface area (Å²) in [6.07, 6.45) is 1.63. The first kappa shape index (κ1) is 12.5. The number of nitro groups is 1. The highest BCUT2D eigenvalue weighted by Gasteiger charge is 2.14. The summed E-state index contributed by atoms with van der Waals surface area (Å²) in [6, 6.07) is 6.57. The van der Waals surface area contributed by atoms with E-state index in [2.05, 4.69) is 15.3 Å². The van der Waals surface area contributed by atoms with Crippen molar-refractivity contribution in [2.24, 2.45) is 0 Å². The zero-order chi connectivity index (χ0) is 13.9. The number of rotatable bonds is 4. The van der Waals surface area contributed by atoms with Gasteiger partial charge in [0.05, 0.1) is 33.7 Å². The molecule has 100 valence electrons. The number of thiazole rings is 1. The SMILES string of the molecule is O=[N+]([O-])c1ccc(NCc2cscn2)c2ncccc12. The Morgan fingerprint density at radius 3 is 2.95 bits per heavy atom. The second-order valence-electron chi connectivity index (χ2n) is 4.12. The Labute approximate surface area is 118 Å². The van der Waals surface area contributed by atoms with Gasteiger partial charge in [0, 0.05) is 17.6 Å². The molecule has 0 spiro atoms. The number of pyridine rings is 1. The van der Waals surface area contributed by atoms with Crippen LogP contribution < -0.4 is 5.32 Å². The van der Waals surface area contributed by atoms with Crippen molar-refractivity contribution in [3.8, 4) is 0 Å². The smallest absolute Gasteiger partial charge is 0.278 e. The van der Waals surface area contributed by atoms with Crippen molar-refractivity contribution in [3.05, 3.63) is 57.2 Å². The van der Waals surface area contributed by atoms with Gasteiger partial charge in [-0.05, 0) is 18.2 Å². The summed E-state index contributed by atoms with van der Waals surface area (Å²) in [4.78, 5) is 19.0. The molecule has 3 aromatic rings. The van der Waals surface area contributed by atoms with Crippen LogP contribution in [0.1, 0.15) is 5.69 Å². The molecule has 1 aromatic carbocycles. The molecule has 0 saturated heterocycles. The standard InChI is InChI=1S/C13H10N4O2S/c18-17(19)12-4-3-11(13-10(12)2-1-5-14-13)15-6-9-7-20-8-16-9/h1-5,7-8,15H,6H2. The summed E-state index contributed by atoms with van der Waals surface area (Å²) in [5.74, 6) is 0. The fraction of sp³-hybridized carbons (Fsp3) is 0.0769. The van der Waals surface area contributed by atoms with E-state index in [4.69, 9.17) is 0 Å². The number of nitrogens with zero attached hydrogens (tertiary/aromatic N) is 3. The van der Waals surface area contributed by atoms with Crippen LogP contribution >= 0.6 is 11.3 Å². The normalized spacial score (nSPS) is 10.6. The minimum atomic E-state index is -0.395. The second-order valence-corrected chi connectivity index (χ2v) is 4.84. The minimum Gasteiger partial charge on any atom is -0.378 e. The van der Waals surface area contributed by atoms with Crippen molar-refractivity contribution >= 4 is 33.6 Å². The summed E-state index contributed by atoms with van der Waals surface area (Å²) >= 11 is 1.53. The predicted octanol–water partition coefficient (Wildman–Crippen LogP) is 3.21. The van der Waals surface area contributed by atoms with E-state index in [1.807, 2.05) is 5.38 Å². The number of nitrogens with one attached hydrogen (secondary N) is 1. The molecular weight excluding hydrogens is 276 g/mol. The van der Waals surface area contributed by atoms with E-state index in [1.54, 1.807) is 29.9 Å². The van der Waals surface area contributed by atoms with Gasteiger partial charge in [-0.25, -0.2) is 4.98 Å². The summed E-state index contributed by atoms with van der Waals surface area (Å²) < 4.78 is 0. The first-order chi connectivity index (χ1) is 9.75. The topological polar surface area (TPSA) is 81.0 Å². The molecule has 3 rings (SSSR count). The number of hydrogen-bond acceptors (Lipinski definition) is 6. The second kappa shape index (κ2) is 5.22. The summed E-state index contributed by atoms with van der Waals surface area (Å²) in [5, 5.41) is 16.7. The third-order valence-electron chi connectivity index (χ3n) is 2.89. The largest absolute Gasteiger partial charge is 0.378 e. The number of hydrogen-bond donors (Lipinski definition) is 1. The molecule has 1 N–H and O–H groups in total. The molecule has 0 aliphatic carbocycles.